The lowest BCUT2D eigenvalue weighted by atomic mass is 9.96. The average molecular weight is 357 g/mol. The van der Waals surface area contributed by atoms with Crippen molar-refractivity contribution in [3.8, 4) is 0 Å². The van der Waals surface area contributed by atoms with Gasteiger partial charge in [-0.3, -0.25) is 9.69 Å². The van der Waals surface area contributed by atoms with Crippen LogP contribution in [0.1, 0.15) is 22.8 Å². The first-order valence-corrected chi connectivity index (χ1v) is 8.93. The first kappa shape index (κ1) is 18.6. The van der Waals surface area contributed by atoms with Crippen molar-refractivity contribution in [2.45, 2.75) is 25.0 Å². The summed E-state index contributed by atoms with van der Waals surface area (Å²) in [5.41, 5.74) is 1.21. The highest BCUT2D eigenvalue weighted by Crippen LogP contribution is 2.21. The number of benzene rings is 1. The minimum absolute atomic E-state index is 0.0663. The van der Waals surface area contributed by atoms with Gasteiger partial charge in [-0.25, -0.2) is 0 Å². The highest BCUT2D eigenvalue weighted by molar-refractivity contribution is 5.94. The van der Waals surface area contributed by atoms with Gasteiger partial charge >= 0.3 is 0 Å². The summed E-state index contributed by atoms with van der Waals surface area (Å²) in [7, 11) is 1.96. The van der Waals surface area contributed by atoms with Crippen molar-refractivity contribution >= 4 is 5.91 Å². The molecule has 26 heavy (non-hydrogen) atoms. The molecule has 0 radical (unpaired) electrons. The second-order valence-corrected chi connectivity index (χ2v) is 7.10. The smallest absolute Gasteiger partial charge is 0.252 e. The molecule has 0 spiro atoms. The molecule has 1 aromatic heterocycles. The van der Waals surface area contributed by atoms with Crippen LogP contribution in [0.4, 0.5) is 0 Å². The zero-order valence-electron chi connectivity index (χ0n) is 15.4. The number of likely N-dealkylation sites (N-methyl/N-ethyl adjacent to an activating group) is 1. The molecule has 2 aromatic rings. The molecule has 2 atom stereocenters. The molecule has 0 saturated carbocycles. The van der Waals surface area contributed by atoms with Crippen molar-refractivity contribution < 1.29 is 14.6 Å². The number of aliphatic hydroxyl groups excluding tert-OH is 1. The third-order valence-corrected chi connectivity index (χ3v) is 5.23. The first-order chi connectivity index (χ1) is 12.5. The molecule has 6 heteroatoms. The molecule has 6 nitrogen and oxygen atoms in total. The second kappa shape index (κ2) is 8.03. The fraction of sp³-hybridized carbons (Fsp3) is 0.450. The van der Waals surface area contributed by atoms with E-state index in [1.807, 2.05) is 48.3 Å². The highest BCUT2D eigenvalue weighted by atomic mass is 16.5. The molecule has 0 bridgehead atoms. The molecule has 140 valence electrons. The number of hydrogen-bond acceptors (Lipinski definition) is 4. The summed E-state index contributed by atoms with van der Waals surface area (Å²) in [5.74, 6) is -0.142. The molecule has 1 aliphatic heterocycles. The Bertz CT molecular complexity index is 731. The van der Waals surface area contributed by atoms with Gasteiger partial charge in [0.1, 0.15) is 0 Å². The number of carbonyl (C=O) groups excluding carboxylic acids is 1. The Balaban J connectivity index is 1.61. The molecular weight excluding hydrogens is 330 g/mol. The minimum atomic E-state index is -0.583. The molecule has 1 amide bonds. The van der Waals surface area contributed by atoms with E-state index in [4.69, 9.17) is 4.74 Å². The molecule has 3 rings (SSSR count). The Morgan fingerprint density at radius 1 is 1.35 bits per heavy atom. The van der Waals surface area contributed by atoms with Crippen molar-refractivity contribution in [2.24, 2.45) is 0 Å². The molecular formula is C20H27N3O3. The van der Waals surface area contributed by atoms with E-state index in [1.54, 1.807) is 0 Å². The van der Waals surface area contributed by atoms with Crippen LogP contribution in [0.2, 0.25) is 0 Å². The van der Waals surface area contributed by atoms with Crippen molar-refractivity contribution in [1.29, 1.82) is 0 Å². The number of morpholine rings is 1. The van der Waals surface area contributed by atoms with E-state index >= 15 is 0 Å². The van der Waals surface area contributed by atoms with Gasteiger partial charge in [0.05, 0.1) is 30.9 Å². The van der Waals surface area contributed by atoms with Crippen LogP contribution in [0.25, 0.3) is 0 Å². The van der Waals surface area contributed by atoms with Crippen molar-refractivity contribution in [3.05, 3.63) is 59.9 Å². The quantitative estimate of drug-likeness (QED) is 0.819. The zero-order valence-corrected chi connectivity index (χ0v) is 15.4. The summed E-state index contributed by atoms with van der Waals surface area (Å²) in [5, 5.41) is 12.9. The number of nitrogens with zero attached hydrogens (tertiary/aromatic N) is 2. The van der Waals surface area contributed by atoms with E-state index in [0.717, 1.165) is 6.54 Å². The number of hydrogen-bond donors (Lipinski definition) is 2. The average Bonchev–Trinajstić information content (AvgIpc) is 3.12. The number of rotatable bonds is 6. The van der Waals surface area contributed by atoms with E-state index in [9.17, 15) is 9.90 Å². The monoisotopic (exact) mass is 357 g/mol. The predicted molar refractivity (Wildman–Crippen MR) is 100 cm³/mol. The summed E-state index contributed by atoms with van der Waals surface area (Å²) < 4.78 is 7.60. The Kier molecular flexibility index (Phi) is 5.76. The van der Waals surface area contributed by atoms with Gasteiger partial charge in [0, 0.05) is 31.5 Å². The molecule has 0 aliphatic carbocycles. The van der Waals surface area contributed by atoms with Crippen LogP contribution in [-0.4, -0.2) is 65.5 Å². The number of aromatic nitrogens is 1. The van der Waals surface area contributed by atoms with Gasteiger partial charge in [-0.2, -0.15) is 0 Å². The third-order valence-electron chi connectivity index (χ3n) is 5.23. The Hall–Kier alpha value is -2.15. The first-order valence-electron chi connectivity index (χ1n) is 8.93. The van der Waals surface area contributed by atoms with Gasteiger partial charge in [0.2, 0.25) is 0 Å². The lowest BCUT2D eigenvalue weighted by molar-refractivity contribution is -0.105. The molecule has 2 heterocycles. The lowest BCUT2D eigenvalue weighted by Gasteiger charge is -2.47. The molecule has 0 unspecified atom stereocenters. The van der Waals surface area contributed by atoms with E-state index in [2.05, 4.69) is 29.3 Å². The van der Waals surface area contributed by atoms with Crippen LogP contribution < -0.4 is 5.32 Å². The van der Waals surface area contributed by atoms with E-state index in [0.29, 0.717) is 25.3 Å². The summed E-state index contributed by atoms with van der Waals surface area (Å²) in [6, 6.07) is 12.1. The largest absolute Gasteiger partial charge is 0.394 e. The van der Waals surface area contributed by atoms with Gasteiger partial charge < -0.3 is 19.7 Å². The third kappa shape index (κ3) is 3.98. The maximum Gasteiger partial charge on any atom is 0.252 e. The van der Waals surface area contributed by atoms with Gasteiger partial charge in [-0.15, -0.1) is 0 Å². The van der Waals surface area contributed by atoms with Crippen LogP contribution >= 0.6 is 0 Å². The second-order valence-electron chi connectivity index (χ2n) is 7.10. The van der Waals surface area contributed by atoms with Gasteiger partial charge in [0.15, 0.2) is 0 Å². The summed E-state index contributed by atoms with van der Waals surface area (Å²) in [4.78, 5) is 14.6. The normalized spacial score (nSPS) is 23.7. The van der Waals surface area contributed by atoms with Crippen LogP contribution in [0.5, 0.6) is 0 Å². The van der Waals surface area contributed by atoms with Gasteiger partial charge in [0.25, 0.3) is 5.91 Å². The number of ether oxygens (including phenoxy) is 1. The Morgan fingerprint density at radius 2 is 2.12 bits per heavy atom. The van der Waals surface area contributed by atoms with Gasteiger partial charge in [-0.05, 0) is 25.6 Å². The van der Waals surface area contributed by atoms with Crippen LogP contribution in [-0.2, 0) is 11.3 Å². The lowest BCUT2D eigenvalue weighted by Crippen LogP contribution is -2.65. The fourth-order valence-corrected chi connectivity index (χ4v) is 3.30. The van der Waals surface area contributed by atoms with E-state index in [1.165, 1.54) is 5.56 Å². The zero-order chi connectivity index (χ0) is 18.6. The summed E-state index contributed by atoms with van der Waals surface area (Å²) >= 11 is 0. The molecule has 1 aliphatic rings. The van der Waals surface area contributed by atoms with E-state index in [-0.39, 0.29) is 18.6 Å². The maximum atomic E-state index is 12.5. The molecule has 1 fully saturated rings. The number of amides is 1. The van der Waals surface area contributed by atoms with Crippen molar-refractivity contribution in [1.82, 2.24) is 14.8 Å². The maximum absolute atomic E-state index is 12.5. The summed E-state index contributed by atoms with van der Waals surface area (Å²) in [6.07, 6.45) is 3.75. The topological polar surface area (TPSA) is 66.7 Å². The van der Waals surface area contributed by atoms with Gasteiger partial charge in [-0.1, -0.05) is 30.3 Å². The predicted octanol–water partition coefficient (Wildman–Crippen LogP) is 1.35. The molecule has 1 saturated heterocycles. The minimum Gasteiger partial charge on any atom is -0.394 e. The van der Waals surface area contributed by atoms with E-state index < -0.39 is 5.54 Å². The van der Waals surface area contributed by atoms with Crippen LogP contribution in [0.15, 0.2) is 48.8 Å². The Morgan fingerprint density at radius 3 is 2.85 bits per heavy atom. The van der Waals surface area contributed by atoms with Crippen molar-refractivity contribution in [2.75, 3.05) is 33.4 Å². The number of nitrogens with one attached hydrogen (secondary N) is 1. The standard InChI is InChI=1S/C20H27N3O3/c1-16-12-26-15-20(14-24,22(16)2)13-21-19(25)18-8-9-23(11-18)10-17-6-4-3-5-7-17/h3-9,11,16,24H,10,12-15H2,1-2H3,(H,21,25)/t16-,20+/m1/s1. The molecule has 1 aromatic carbocycles. The van der Waals surface area contributed by atoms with Crippen LogP contribution in [0.3, 0.4) is 0 Å². The summed E-state index contributed by atoms with van der Waals surface area (Å²) in [6.45, 7) is 4.09. The number of aliphatic hydroxyl groups is 1. The SMILES string of the molecule is C[C@@H]1COC[C@@](CO)(CNC(=O)c2ccn(Cc3ccccc3)c2)N1C. The fourth-order valence-electron chi connectivity index (χ4n) is 3.30. The van der Waals surface area contributed by atoms with Crippen molar-refractivity contribution in [3.63, 3.8) is 0 Å². The Labute approximate surface area is 154 Å². The number of carbonyl (C=O) groups is 1. The van der Waals surface area contributed by atoms with Crippen LogP contribution in [0, 0.1) is 0 Å². The molecule has 2 N–H and O–H groups in total. The highest BCUT2D eigenvalue weighted by Gasteiger charge is 2.40.